The van der Waals surface area contributed by atoms with E-state index in [1.165, 1.54) is 22.3 Å². The lowest BCUT2D eigenvalue weighted by Gasteiger charge is -2.43. The van der Waals surface area contributed by atoms with E-state index in [0.717, 1.165) is 32.5 Å². The zero-order valence-electron chi connectivity index (χ0n) is 15.0. The number of ether oxygens (including phenoxy) is 2. The van der Waals surface area contributed by atoms with Crippen molar-refractivity contribution in [2.45, 2.75) is 51.7 Å². The molecule has 0 saturated carbocycles. The van der Waals surface area contributed by atoms with Crippen LogP contribution in [0.4, 0.5) is 0 Å². The van der Waals surface area contributed by atoms with Gasteiger partial charge in [-0.15, -0.1) is 0 Å². The molecule has 0 aromatic heterocycles. The molecule has 0 amide bonds. The Morgan fingerprint density at radius 2 is 1.33 bits per heavy atom. The molecular formula is C22H28O2. The molecule has 0 heterocycles. The first-order valence-corrected chi connectivity index (χ1v) is 9.22. The van der Waals surface area contributed by atoms with Crippen LogP contribution in [0.3, 0.4) is 0 Å². The van der Waals surface area contributed by atoms with Gasteiger partial charge in [-0.1, -0.05) is 69.3 Å². The molecule has 0 fully saturated rings. The van der Waals surface area contributed by atoms with Gasteiger partial charge in [0.15, 0.2) is 0 Å². The minimum atomic E-state index is -0.366. The second-order valence-electron chi connectivity index (χ2n) is 6.45. The third kappa shape index (κ3) is 2.78. The first-order chi connectivity index (χ1) is 11.8. The fraction of sp³-hybridized carbons (Fsp3) is 0.455. The Labute approximate surface area is 145 Å². The quantitative estimate of drug-likeness (QED) is 0.660. The number of fused-ring (bicyclic) bond motifs is 2. The van der Waals surface area contributed by atoms with Crippen molar-refractivity contribution < 1.29 is 9.47 Å². The third-order valence-electron chi connectivity index (χ3n) is 4.90. The van der Waals surface area contributed by atoms with Crippen molar-refractivity contribution in [1.29, 1.82) is 0 Å². The van der Waals surface area contributed by atoms with Gasteiger partial charge >= 0.3 is 0 Å². The molecule has 0 saturated heterocycles. The highest BCUT2D eigenvalue weighted by Gasteiger charge is 2.43. The lowest BCUT2D eigenvalue weighted by Crippen LogP contribution is -2.38. The molecule has 0 atom stereocenters. The largest absolute Gasteiger partial charge is 0.369 e. The number of benzene rings is 2. The lowest BCUT2D eigenvalue weighted by molar-refractivity contribution is -0.0321. The van der Waals surface area contributed by atoms with Crippen molar-refractivity contribution in [2.24, 2.45) is 0 Å². The van der Waals surface area contributed by atoms with Crippen molar-refractivity contribution >= 4 is 0 Å². The molecule has 0 unspecified atom stereocenters. The highest BCUT2D eigenvalue weighted by molar-refractivity contribution is 5.54. The molecule has 0 aliphatic heterocycles. The van der Waals surface area contributed by atoms with Gasteiger partial charge < -0.3 is 9.47 Å². The van der Waals surface area contributed by atoms with Crippen molar-refractivity contribution in [1.82, 2.24) is 0 Å². The van der Waals surface area contributed by atoms with Gasteiger partial charge in [0.25, 0.3) is 0 Å². The molecule has 0 bridgehead atoms. The predicted molar refractivity (Wildman–Crippen MR) is 98.3 cm³/mol. The van der Waals surface area contributed by atoms with Crippen molar-refractivity contribution in [3.05, 3.63) is 70.8 Å². The Bertz CT molecular complexity index is 630. The normalized spacial score (nSPS) is 22.0. The highest BCUT2D eigenvalue weighted by atomic mass is 16.5. The summed E-state index contributed by atoms with van der Waals surface area (Å²) >= 11 is 0. The fourth-order valence-corrected chi connectivity index (χ4v) is 3.83. The standard InChI is InChI=1S/C22H28O2/c1-4-15-23-21-17-11-7-9-13-19(17)22(6-3,24-16-5-2)20-14-10-8-12-18(20)21/h7-14,21H,4-6,15-16H2,1-3H3. The second-order valence-corrected chi connectivity index (χ2v) is 6.45. The molecule has 1 aliphatic carbocycles. The third-order valence-corrected chi connectivity index (χ3v) is 4.90. The van der Waals surface area contributed by atoms with E-state index in [4.69, 9.17) is 9.47 Å². The van der Waals surface area contributed by atoms with Crippen LogP contribution in [0.5, 0.6) is 0 Å². The number of rotatable bonds is 7. The van der Waals surface area contributed by atoms with E-state index in [0.29, 0.717) is 0 Å². The van der Waals surface area contributed by atoms with Crippen LogP contribution in [-0.4, -0.2) is 13.2 Å². The van der Waals surface area contributed by atoms with Gasteiger partial charge in [0, 0.05) is 13.2 Å². The van der Waals surface area contributed by atoms with E-state index in [-0.39, 0.29) is 11.7 Å². The van der Waals surface area contributed by atoms with Gasteiger partial charge in [-0.25, -0.2) is 0 Å². The van der Waals surface area contributed by atoms with Crippen LogP contribution in [0, 0.1) is 0 Å². The smallest absolute Gasteiger partial charge is 0.119 e. The van der Waals surface area contributed by atoms with Gasteiger partial charge in [-0.2, -0.15) is 0 Å². The van der Waals surface area contributed by atoms with Crippen molar-refractivity contribution in [3.63, 3.8) is 0 Å². The Hall–Kier alpha value is -1.64. The maximum Gasteiger partial charge on any atom is 0.119 e. The van der Waals surface area contributed by atoms with E-state index in [9.17, 15) is 0 Å². The topological polar surface area (TPSA) is 18.5 Å². The van der Waals surface area contributed by atoms with Crippen LogP contribution in [0.2, 0.25) is 0 Å². The number of hydrogen-bond donors (Lipinski definition) is 0. The molecule has 0 radical (unpaired) electrons. The molecule has 3 rings (SSSR count). The Morgan fingerprint density at radius 1 is 0.792 bits per heavy atom. The van der Waals surface area contributed by atoms with E-state index < -0.39 is 0 Å². The maximum absolute atomic E-state index is 6.52. The van der Waals surface area contributed by atoms with Gasteiger partial charge in [-0.05, 0) is 41.5 Å². The van der Waals surface area contributed by atoms with Gasteiger partial charge in [0.05, 0.1) is 0 Å². The summed E-state index contributed by atoms with van der Waals surface area (Å²) in [7, 11) is 0. The molecule has 1 aliphatic rings. The molecule has 2 aromatic carbocycles. The first kappa shape index (κ1) is 17.2. The number of hydrogen-bond acceptors (Lipinski definition) is 2. The Morgan fingerprint density at radius 3 is 1.83 bits per heavy atom. The van der Waals surface area contributed by atoms with Crippen LogP contribution < -0.4 is 0 Å². The monoisotopic (exact) mass is 324 g/mol. The van der Waals surface area contributed by atoms with Crippen LogP contribution in [0.1, 0.15) is 68.4 Å². The van der Waals surface area contributed by atoms with Gasteiger partial charge in [-0.3, -0.25) is 0 Å². The van der Waals surface area contributed by atoms with Gasteiger partial charge in [0.1, 0.15) is 11.7 Å². The summed E-state index contributed by atoms with van der Waals surface area (Å²) in [6.45, 7) is 8.06. The van der Waals surface area contributed by atoms with E-state index in [2.05, 4.69) is 69.3 Å². The van der Waals surface area contributed by atoms with E-state index in [1.54, 1.807) is 0 Å². The Kier molecular flexibility index (Phi) is 5.37. The molecule has 0 spiro atoms. The van der Waals surface area contributed by atoms with E-state index in [1.807, 2.05) is 0 Å². The summed E-state index contributed by atoms with van der Waals surface area (Å²) < 4.78 is 12.8. The molecule has 128 valence electrons. The SMILES string of the molecule is CCCOC1c2ccccc2C(CC)(OCCC)c2ccccc21. The predicted octanol–water partition coefficient (Wildman–Crippen LogP) is 5.60. The summed E-state index contributed by atoms with van der Waals surface area (Å²) in [5, 5.41) is 0. The van der Waals surface area contributed by atoms with Gasteiger partial charge in [0.2, 0.25) is 0 Å². The lowest BCUT2D eigenvalue weighted by atomic mass is 9.72. The van der Waals surface area contributed by atoms with Crippen LogP contribution in [0.15, 0.2) is 48.5 Å². The first-order valence-electron chi connectivity index (χ1n) is 9.22. The van der Waals surface area contributed by atoms with Crippen LogP contribution in [-0.2, 0) is 15.1 Å². The molecule has 0 N–H and O–H groups in total. The second kappa shape index (κ2) is 7.50. The van der Waals surface area contributed by atoms with Crippen LogP contribution in [0.25, 0.3) is 0 Å². The molecule has 2 aromatic rings. The summed E-state index contributed by atoms with van der Waals surface area (Å²) in [4.78, 5) is 0. The van der Waals surface area contributed by atoms with Crippen LogP contribution >= 0.6 is 0 Å². The average Bonchev–Trinajstić information content (AvgIpc) is 2.65. The van der Waals surface area contributed by atoms with Crippen molar-refractivity contribution in [3.8, 4) is 0 Å². The molecule has 2 nitrogen and oxygen atoms in total. The Balaban J connectivity index is 2.19. The molecule has 2 heteroatoms. The maximum atomic E-state index is 6.52. The van der Waals surface area contributed by atoms with Crippen molar-refractivity contribution in [2.75, 3.05) is 13.2 Å². The van der Waals surface area contributed by atoms with E-state index >= 15 is 0 Å². The summed E-state index contributed by atoms with van der Waals surface area (Å²) in [5.74, 6) is 0. The summed E-state index contributed by atoms with van der Waals surface area (Å²) in [5.41, 5.74) is 4.67. The zero-order valence-corrected chi connectivity index (χ0v) is 15.0. The average molecular weight is 324 g/mol. The molecular weight excluding hydrogens is 296 g/mol. The molecule has 24 heavy (non-hydrogen) atoms. The highest BCUT2D eigenvalue weighted by Crippen LogP contribution is 2.49. The minimum absolute atomic E-state index is 0.00208. The fourth-order valence-electron chi connectivity index (χ4n) is 3.83. The summed E-state index contributed by atoms with van der Waals surface area (Å²) in [6.07, 6.45) is 2.96. The zero-order chi connectivity index (χ0) is 17.0. The summed E-state index contributed by atoms with van der Waals surface area (Å²) in [6, 6.07) is 17.3. The minimum Gasteiger partial charge on any atom is -0.369 e.